The average Bonchev–Trinajstić information content (AvgIpc) is 2.21. The zero-order valence-corrected chi connectivity index (χ0v) is 9.31. The van der Waals surface area contributed by atoms with E-state index in [2.05, 4.69) is 4.74 Å². The Labute approximate surface area is 95.4 Å². The summed E-state index contributed by atoms with van der Waals surface area (Å²) in [5.41, 5.74) is 0. The molecule has 8 nitrogen and oxygen atoms in total. The largest absolute Gasteiger partial charge is 0.809 e. The fraction of sp³-hybridized carbons (Fsp3) is 1.00. The Balaban J connectivity index is 2.69. The van der Waals surface area contributed by atoms with Gasteiger partial charge in [0.1, 0.15) is 24.2 Å². The molecule has 1 fully saturated rings. The highest BCUT2D eigenvalue weighted by atomic mass is 31.2. The minimum atomic E-state index is -5.49. The molecule has 102 valence electrons. The molecule has 1 aliphatic rings. The van der Waals surface area contributed by atoms with E-state index in [-0.39, 0.29) is 0 Å². The van der Waals surface area contributed by atoms with Gasteiger partial charge < -0.3 is 39.5 Å². The van der Waals surface area contributed by atoms with Crippen LogP contribution in [0.1, 0.15) is 6.42 Å². The molecule has 0 saturated carbocycles. The Morgan fingerprint density at radius 3 is 2.18 bits per heavy atom. The second-order valence-electron chi connectivity index (χ2n) is 3.75. The van der Waals surface area contributed by atoms with Gasteiger partial charge in [-0.3, -0.25) is 0 Å². The highest BCUT2D eigenvalue weighted by Gasteiger charge is 2.43. The third-order valence-electron chi connectivity index (χ3n) is 2.46. The van der Waals surface area contributed by atoms with Gasteiger partial charge >= 0.3 is 0 Å². The van der Waals surface area contributed by atoms with Crippen LogP contribution in [-0.4, -0.2) is 57.0 Å². The van der Waals surface area contributed by atoms with Gasteiger partial charge in [0.05, 0.1) is 6.10 Å². The summed E-state index contributed by atoms with van der Waals surface area (Å²) in [6, 6.07) is 0. The minimum absolute atomic E-state index is 1.04. The van der Waals surface area contributed by atoms with Crippen molar-refractivity contribution in [3.05, 3.63) is 0 Å². The van der Waals surface area contributed by atoms with Gasteiger partial charge in [-0.1, -0.05) is 0 Å². The van der Waals surface area contributed by atoms with Crippen molar-refractivity contribution in [1.82, 2.24) is 0 Å². The molecule has 0 radical (unpaired) electrons. The molecule has 10 heteroatoms. The molecule has 1 heterocycles. The first-order chi connectivity index (χ1) is 7.64. The summed E-state index contributed by atoms with van der Waals surface area (Å²) in [6.45, 7) is 0. The number of aliphatic hydroxyl groups is 4. The third kappa shape index (κ3) is 3.43. The molecule has 0 amide bonds. The topological polar surface area (TPSA) is 153 Å². The number of ether oxygens (including phenoxy) is 1. The van der Waals surface area contributed by atoms with Crippen molar-refractivity contribution in [2.75, 3.05) is 0 Å². The Morgan fingerprint density at radius 1 is 1.18 bits per heavy atom. The molecule has 0 aromatic carbocycles. The van der Waals surface area contributed by atoms with Crippen LogP contribution in [0.15, 0.2) is 0 Å². The maximum atomic E-state index is 12.9. The van der Waals surface area contributed by atoms with Crippen LogP contribution < -0.4 is 9.79 Å². The van der Waals surface area contributed by atoms with E-state index >= 15 is 0 Å². The molecule has 0 bridgehead atoms. The van der Waals surface area contributed by atoms with Gasteiger partial charge in [-0.15, -0.1) is 0 Å². The highest BCUT2D eigenvalue weighted by molar-refractivity contribution is 7.49. The quantitative estimate of drug-likeness (QED) is 0.385. The molecule has 1 rings (SSSR count). The highest BCUT2D eigenvalue weighted by Crippen LogP contribution is 2.37. The van der Waals surface area contributed by atoms with Crippen LogP contribution in [0.3, 0.4) is 0 Å². The molecule has 0 aromatic rings. The molecule has 0 aliphatic carbocycles. The predicted molar refractivity (Wildman–Crippen MR) is 46.0 cm³/mol. The fourth-order valence-electron chi connectivity index (χ4n) is 1.45. The summed E-state index contributed by atoms with van der Waals surface area (Å²) in [4.78, 5) is 20.6. The summed E-state index contributed by atoms with van der Waals surface area (Å²) in [7, 11) is -5.49. The SMILES string of the molecule is O=P([O-])([O-])[C@H](F)C[C@H]1O[C@@H](O)[C@H](O)[C@@H](O)[C@@H]1O. The predicted octanol–water partition coefficient (Wildman–Crippen LogP) is -3.61. The van der Waals surface area contributed by atoms with Gasteiger partial charge in [0.25, 0.3) is 0 Å². The number of rotatable bonds is 3. The molecule has 0 aromatic heterocycles. The van der Waals surface area contributed by atoms with Crippen LogP contribution >= 0.6 is 7.60 Å². The Kier molecular flexibility index (Phi) is 4.61. The number of aliphatic hydroxyl groups excluding tert-OH is 4. The Hall–Kier alpha value is -0.120. The van der Waals surface area contributed by atoms with Crippen LogP contribution in [0.2, 0.25) is 0 Å². The minimum Gasteiger partial charge on any atom is -0.809 e. The third-order valence-corrected chi connectivity index (χ3v) is 3.35. The van der Waals surface area contributed by atoms with E-state index in [0.29, 0.717) is 0 Å². The lowest BCUT2D eigenvalue weighted by Gasteiger charge is -2.41. The average molecular weight is 274 g/mol. The molecule has 17 heavy (non-hydrogen) atoms. The number of halogens is 1. The Morgan fingerprint density at radius 2 is 1.71 bits per heavy atom. The van der Waals surface area contributed by atoms with Crippen LogP contribution in [-0.2, 0) is 9.30 Å². The molecule has 0 spiro atoms. The van der Waals surface area contributed by atoms with E-state index in [0.717, 1.165) is 0 Å². The van der Waals surface area contributed by atoms with Crippen molar-refractivity contribution in [1.29, 1.82) is 0 Å². The summed E-state index contributed by atoms with van der Waals surface area (Å²) < 4.78 is 27.7. The molecular weight excluding hydrogens is 262 g/mol. The van der Waals surface area contributed by atoms with Crippen LogP contribution in [0.25, 0.3) is 0 Å². The van der Waals surface area contributed by atoms with Gasteiger partial charge in [0.15, 0.2) is 6.29 Å². The maximum absolute atomic E-state index is 12.9. The summed E-state index contributed by atoms with van der Waals surface area (Å²) in [5.74, 6) is -2.81. The lowest BCUT2D eigenvalue weighted by atomic mass is 9.97. The van der Waals surface area contributed by atoms with Crippen molar-refractivity contribution in [2.45, 2.75) is 43.0 Å². The standard InChI is InChI=1S/C7H14FO8P/c8-3(17(13,14)15)1-2-4(9)5(10)6(11)7(12)16-2/h2-7,9-12H,1H2,(H2,13,14,15)/p-2/t2-,3+,4-,5+,6-,7-/m1/s1. The van der Waals surface area contributed by atoms with Crippen molar-refractivity contribution in [3.8, 4) is 0 Å². The lowest BCUT2D eigenvalue weighted by Crippen LogP contribution is -2.58. The zero-order chi connectivity index (χ0) is 13.4. The Bertz CT molecular complexity index is 308. The van der Waals surface area contributed by atoms with E-state index in [1.54, 1.807) is 0 Å². The first-order valence-corrected chi connectivity index (χ1v) is 6.29. The monoisotopic (exact) mass is 274 g/mol. The van der Waals surface area contributed by atoms with Gasteiger partial charge in [-0.05, 0) is 7.60 Å². The van der Waals surface area contributed by atoms with Crippen LogP contribution in [0.4, 0.5) is 4.39 Å². The molecular formula is C7H12FO8P-2. The second-order valence-corrected chi connectivity index (χ2v) is 5.39. The number of hydrogen-bond acceptors (Lipinski definition) is 8. The van der Waals surface area contributed by atoms with Gasteiger partial charge in [-0.2, -0.15) is 0 Å². The number of alkyl halides is 1. The summed E-state index contributed by atoms with van der Waals surface area (Å²) >= 11 is 0. The number of hydrogen-bond donors (Lipinski definition) is 4. The van der Waals surface area contributed by atoms with E-state index in [1.807, 2.05) is 0 Å². The van der Waals surface area contributed by atoms with Crippen molar-refractivity contribution >= 4 is 7.60 Å². The molecule has 1 saturated heterocycles. The van der Waals surface area contributed by atoms with E-state index < -0.39 is 50.6 Å². The normalized spacial score (nSPS) is 41.2. The maximum Gasteiger partial charge on any atom is 0.183 e. The lowest BCUT2D eigenvalue weighted by molar-refractivity contribution is -0.323. The van der Waals surface area contributed by atoms with E-state index in [4.69, 9.17) is 10.2 Å². The molecule has 4 N–H and O–H groups in total. The van der Waals surface area contributed by atoms with Gasteiger partial charge in [-0.25, -0.2) is 4.39 Å². The van der Waals surface area contributed by atoms with Crippen molar-refractivity contribution in [3.63, 3.8) is 0 Å². The second kappa shape index (κ2) is 5.25. The van der Waals surface area contributed by atoms with Gasteiger partial charge in [0.2, 0.25) is 0 Å². The smallest absolute Gasteiger partial charge is 0.183 e. The van der Waals surface area contributed by atoms with E-state index in [9.17, 15) is 29.0 Å². The molecule has 1 aliphatic heterocycles. The molecule has 0 unspecified atom stereocenters. The van der Waals surface area contributed by atoms with Crippen LogP contribution in [0.5, 0.6) is 0 Å². The van der Waals surface area contributed by atoms with Crippen molar-refractivity contribution < 1.29 is 43.9 Å². The molecule has 6 atom stereocenters. The van der Waals surface area contributed by atoms with Crippen LogP contribution in [0, 0.1) is 0 Å². The summed E-state index contributed by atoms with van der Waals surface area (Å²) in [6.07, 6.45) is -9.97. The van der Waals surface area contributed by atoms with E-state index in [1.165, 1.54) is 0 Å². The first-order valence-electron chi connectivity index (χ1n) is 4.68. The van der Waals surface area contributed by atoms with Crippen molar-refractivity contribution in [2.24, 2.45) is 0 Å². The zero-order valence-electron chi connectivity index (χ0n) is 8.42. The fourth-order valence-corrected chi connectivity index (χ4v) is 1.91. The first kappa shape index (κ1) is 14.9. The van der Waals surface area contributed by atoms with Gasteiger partial charge in [0, 0.05) is 6.42 Å². The summed E-state index contributed by atoms with van der Waals surface area (Å²) in [5, 5.41) is 36.7.